The van der Waals surface area contributed by atoms with Crippen molar-refractivity contribution in [3.63, 3.8) is 0 Å². The minimum Gasteiger partial charge on any atom is -0.326 e. The molecule has 0 heterocycles. The summed E-state index contributed by atoms with van der Waals surface area (Å²) in [5, 5.41) is 2.19. The van der Waals surface area contributed by atoms with Crippen LogP contribution in [0.25, 0.3) is 27.5 Å². The highest BCUT2D eigenvalue weighted by Gasteiger charge is 2.26. The molecule has 0 saturated carbocycles. The number of carbonyl (C=O) groups excluding carboxylic acids is 1. The lowest BCUT2D eigenvalue weighted by Crippen LogP contribution is -2.13. The molecule has 0 fully saturated rings. The van der Waals surface area contributed by atoms with E-state index >= 15 is 0 Å². The first kappa shape index (κ1) is 16.2. The maximum atomic E-state index is 13.0. The van der Waals surface area contributed by atoms with Gasteiger partial charge in [-0.1, -0.05) is 72.3 Å². The van der Waals surface area contributed by atoms with Gasteiger partial charge in [-0.3, -0.25) is 4.79 Å². The quantitative estimate of drug-likeness (QED) is 0.648. The van der Waals surface area contributed by atoms with E-state index in [1.807, 2.05) is 0 Å². The zero-order valence-electron chi connectivity index (χ0n) is 15.2. The minimum absolute atomic E-state index is 0.250. The van der Waals surface area contributed by atoms with Gasteiger partial charge in [0.15, 0.2) is 5.78 Å². The Bertz CT molecular complexity index is 1130. The van der Waals surface area contributed by atoms with Crippen LogP contribution in [-0.4, -0.2) is 5.78 Å². The standard InChI is InChI=1S/C25H21NO/c26-15-16-8-10-17(11-9-16)19-6-3-7-22-21(19)12-13-23-20-5-2-1-4-18(20)14-24(27)25(22)23/h2-3,5-13H,1,4,14-15,26H2. The summed E-state index contributed by atoms with van der Waals surface area (Å²) in [7, 11) is 0. The molecule has 2 N–H and O–H groups in total. The zero-order valence-corrected chi connectivity index (χ0v) is 15.2. The third-order valence-electron chi connectivity index (χ3n) is 5.78. The van der Waals surface area contributed by atoms with Gasteiger partial charge in [0.25, 0.3) is 0 Å². The molecule has 0 radical (unpaired) electrons. The van der Waals surface area contributed by atoms with E-state index in [1.165, 1.54) is 11.1 Å². The van der Waals surface area contributed by atoms with Gasteiger partial charge in [-0.25, -0.2) is 0 Å². The van der Waals surface area contributed by atoms with Crippen molar-refractivity contribution in [3.8, 4) is 11.1 Å². The summed E-state index contributed by atoms with van der Waals surface area (Å²) in [5.74, 6) is 0.250. The highest BCUT2D eigenvalue weighted by molar-refractivity contribution is 6.17. The van der Waals surface area contributed by atoms with Crippen LogP contribution in [0.2, 0.25) is 0 Å². The molecule has 3 aromatic carbocycles. The molecule has 0 aliphatic heterocycles. The van der Waals surface area contributed by atoms with Crippen LogP contribution in [0.4, 0.5) is 0 Å². The van der Waals surface area contributed by atoms with Crippen LogP contribution in [0.1, 0.15) is 40.7 Å². The van der Waals surface area contributed by atoms with Gasteiger partial charge >= 0.3 is 0 Å². The highest BCUT2D eigenvalue weighted by atomic mass is 16.1. The first-order chi connectivity index (χ1) is 13.3. The summed E-state index contributed by atoms with van der Waals surface area (Å²) in [5.41, 5.74) is 13.7. The summed E-state index contributed by atoms with van der Waals surface area (Å²) >= 11 is 0. The van der Waals surface area contributed by atoms with Crippen molar-refractivity contribution in [2.24, 2.45) is 5.73 Å². The van der Waals surface area contributed by atoms with E-state index in [-0.39, 0.29) is 5.78 Å². The third kappa shape index (κ3) is 2.56. The Labute approximate surface area is 159 Å². The second-order valence-corrected chi connectivity index (χ2v) is 7.35. The molecule has 2 aliphatic carbocycles. The van der Waals surface area contributed by atoms with Crippen molar-refractivity contribution in [1.29, 1.82) is 0 Å². The number of Topliss-reactive ketones (excluding diaryl/α,β-unsaturated/α-hetero) is 1. The predicted octanol–water partition coefficient (Wildman–Crippen LogP) is 5.66. The molecule has 2 nitrogen and oxygen atoms in total. The molecule has 0 aromatic heterocycles. The fourth-order valence-corrected chi connectivity index (χ4v) is 4.41. The molecule has 3 aromatic rings. The van der Waals surface area contributed by atoms with Gasteiger partial charge in [-0.15, -0.1) is 0 Å². The molecule has 0 atom stereocenters. The number of nitrogens with two attached hydrogens (primary N) is 1. The summed E-state index contributed by atoms with van der Waals surface area (Å²) in [6, 6.07) is 19.0. The van der Waals surface area contributed by atoms with Gasteiger partial charge in [0.05, 0.1) is 0 Å². The Balaban J connectivity index is 1.74. The van der Waals surface area contributed by atoms with Crippen molar-refractivity contribution in [2.75, 3.05) is 0 Å². The summed E-state index contributed by atoms with van der Waals surface area (Å²) < 4.78 is 0. The van der Waals surface area contributed by atoms with E-state index in [4.69, 9.17) is 5.73 Å². The Morgan fingerprint density at radius 2 is 1.74 bits per heavy atom. The predicted molar refractivity (Wildman–Crippen MR) is 112 cm³/mol. The fourth-order valence-electron chi connectivity index (χ4n) is 4.41. The molecule has 5 rings (SSSR count). The number of hydrogen-bond acceptors (Lipinski definition) is 2. The molecule has 2 aliphatic rings. The van der Waals surface area contributed by atoms with Crippen LogP contribution >= 0.6 is 0 Å². The van der Waals surface area contributed by atoms with Crippen molar-refractivity contribution in [3.05, 3.63) is 89.0 Å². The molecule has 0 amide bonds. The lowest BCUT2D eigenvalue weighted by atomic mass is 9.78. The van der Waals surface area contributed by atoms with E-state index in [1.54, 1.807) is 0 Å². The number of fused-ring (bicyclic) bond motifs is 4. The lowest BCUT2D eigenvalue weighted by molar-refractivity contribution is 0.0992. The first-order valence-corrected chi connectivity index (χ1v) is 9.53. The largest absolute Gasteiger partial charge is 0.326 e. The second-order valence-electron chi connectivity index (χ2n) is 7.35. The zero-order chi connectivity index (χ0) is 18.4. The molecule has 2 heteroatoms. The third-order valence-corrected chi connectivity index (χ3v) is 5.78. The number of carbonyl (C=O) groups is 1. The van der Waals surface area contributed by atoms with Gasteiger partial charge in [-0.05, 0) is 51.4 Å². The van der Waals surface area contributed by atoms with Crippen LogP contribution in [0.5, 0.6) is 0 Å². The van der Waals surface area contributed by atoms with Crippen molar-refractivity contribution in [1.82, 2.24) is 0 Å². The molecular formula is C25H21NO. The molecule has 132 valence electrons. The Hall–Kier alpha value is -2.97. The van der Waals surface area contributed by atoms with Gasteiger partial charge < -0.3 is 5.73 Å². The Morgan fingerprint density at radius 3 is 2.56 bits per heavy atom. The Morgan fingerprint density at radius 1 is 0.889 bits per heavy atom. The van der Waals surface area contributed by atoms with Crippen LogP contribution in [0.3, 0.4) is 0 Å². The van der Waals surface area contributed by atoms with Crippen LogP contribution < -0.4 is 5.73 Å². The average Bonchev–Trinajstić information content (AvgIpc) is 2.73. The molecule has 0 saturated heterocycles. The van der Waals surface area contributed by atoms with Crippen LogP contribution in [0, 0.1) is 0 Å². The monoisotopic (exact) mass is 351 g/mol. The van der Waals surface area contributed by atoms with Gasteiger partial charge in [-0.2, -0.15) is 0 Å². The lowest BCUT2D eigenvalue weighted by Gasteiger charge is -2.25. The smallest absolute Gasteiger partial charge is 0.168 e. The van der Waals surface area contributed by atoms with Crippen molar-refractivity contribution < 1.29 is 4.79 Å². The molecule has 0 spiro atoms. The van der Waals surface area contributed by atoms with Gasteiger partial charge in [0, 0.05) is 18.5 Å². The highest BCUT2D eigenvalue weighted by Crippen LogP contribution is 2.41. The normalized spacial score (nSPS) is 15.8. The van der Waals surface area contributed by atoms with Crippen LogP contribution in [0.15, 0.2) is 72.3 Å². The maximum absolute atomic E-state index is 13.0. The summed E-state index contributed by atoms with van der Waals surface area (Å²) in [4.78, 5) is 13.0. The number of hydrogen-bond donors (Lipinski definition) is 1. The van der Waals surface area contributed by atoms with E-state index < -0.39 is 0 Å². The summed E-state index contributed by atoms with van der Waals surface area (Å²) in [6.45, 7) is 0.544. The van der Waals surface area contributed by atoms with Crippen molar-refractivity contribution in [2.45, 2.75) is 25.8 Å². The summed E-state index contributed by atoms with van der Waals surface area (Å²) in [6.07, 6.45) is 7.02. The van der Waals surface area contributed by atoms with E-state index in [0.717, 1.165) is 51.4 Å². The van der Waals surface area contributed by atoms with E-state index in [9.17, 15) is 4.79 Å². The molecular weight excluding hydrogens is 330 g/mol. The second kappa shape index (κ2) is 6.33. The fraction of sp³-hybridized carbons (Fsp3) is 0.160. The first-order valence-electron chi connectivity index (χ1n) is 9.53. The molecule has 27 heavy (non-hydrogen) atoms. The number of rotatable bonds is 2. The average molecular weight is 351 g/mol. The van der Waals surface area contributed by atoms with Gasteiger partial charge in [0.2, 0.25) is 0 Å². The number of benzene rings is 3. The number of allylic oxidation sites excluding steroid dienone is 4. The SMILES string of the molecule is NCc1ccc(-c2cccc3c4c(ccc23)C2=C(CCC=C2)CC4=O)cc1. The topological polar surface area (TPSA) is 43.1 Å². The van der Waals surface area contributed by atoms with E-state index in [2.05, 4.69) is 66.7 Å². The van der Waals surface area contributed by atoms with Gasteiger partial charge in [0.1, 0.15) is 0 Å². The maximum Gasteiger partial charge on any atom is 0.168 e. The minimum atomic E-state index is 0.250. The van der Waals surface area contributed by atoms with Crippen molar-refractivity contribution >= 4 is 22.1 Å². The van der Waals surface area contributed by atoms with Crippen LogP contribution in [-0.2, 0) is 6.54 Å². The molecule has 0 bridgehead atoms. The van der Waals surface area contributed by atoms with E-state index in [0.29, 0.717) is 13.0 Å². The Kier molecular flexibility index (Phi) is 3.80. The number of ketones is 1. The molecule has 0 unspecified atom stereocenters.